The standard InChI is InChI=1S/C22H21N3OS/c1-3-7-18(8-4-1)15-26-16-20-22(19-9-5-2-6-10-19)24-17-25(20)13-11-21-23-12-14-27-21/h1-10,12,14,17H,11,13,15-16H2. The average molecular weight is 375 g/mol. The van der Waals surface area contributed by atoms with Crippen LogP contribution in [0.5, 0.6) is 0 Å². The van der Waals surface area contributed by atoms with E-state index in [-0.39, 0.29) is 0 Å². The summed E-state index contributed by atoms with van der Waals surface area (Å²) in [6.07, 6.45) is 4.66. The number of nitrogens with zero attached hydrogens (tertiary/aromatic N) is 3. The quantitative estimate of drug-likeness (QED) is 0.437. The molecule has 0 atom stereocenters. The van der Waals surface area contributed by atoms with Gasteiger partial charge in [-0.05, 0) is 5.56 Å². The first-order valence-corrected chi connectivity index (χ1v) is 9.87. The van der Waals surface area contributed by atoms with Gasteiger partial charge in [-0.25, -0.2) is 9.97 Å². The van der Waals surface area contributed by atoms with E-state index in [1.54, 1.807) is 11.3 Å². The molecule has 0 amide bonds. The van der Waals surface area contributed by atoms with Crippen molar-refractivity contribution in [1.82, 2.24) is 14.5 Å². The Kier molecular flexibility index (Phi) is 5.72. The molecule has 0 aliphatic carbocycles. The molecule has 27 heavy (non-hydrogen) atoms. The van der Waals surface area contributed by atoms with E-state index in [1.807, 2.05) is 54.3 Å². The van der Waals surface area contributed by atoms with Crippen LogP contribution in [-0.2, 0) is 30.9 Å². The van der Waals surface area contributed by atoms with Crippen molar-refractivity contribution in [2.24, 2.45) is 0 Å². The molecule has 5 heteroatoms. The lowest BCUT2D eigenvalue weighted by Gasteiger charge is -2.11. The highest BCUT2D eigenvalue weighted by Gasteiger charge is 2.13. The van der Waals surface area contributed by atoms with Crippen LogP contribution in [-0.4, -0.2) is 14.5 Å². The van der Waals surface area contributed by atoms with Crippen LogP contribution in [0.25, 0.3) is 11.3 Å². The van der Waals surface area contributed by atoms with Crippen molar-refractivity contribution < 1.29 is 4.74 Å². The molecule has 4 rings (SSSR count). The molecule has 0 aliphatic rings. The van der Waals surface area contributed by atoms with Gasteiger partial charge in [-0.2, -0.15) is 0 Å². The maximum absolute atomic E-state index is 6.03. The van der Waals surface area contributed by atoms with Gasteiger partial charge >= 0.3 is 0 Å². The maximum atomic E-state index is 6.03. The lowest BCUT2D eigenvalue weighted by molar-refractivity contribution is 0.102. The van der Waals surface area contributed by atoms with E-state index >= 15 is 0 Å². The molecule has 0 unspecified atom stereocenters. The van der Waals surface area contributed by atoms with Gasteiger partial charge in [0.1, 0.15) is 0 Å². The zero-order valence-corrected chi connectivity index (χ0v) is 15.8. The van der Waals surface area contributed by atoms with Crippen LogP contribution >= 0.6 is 11.3 Å². The second-order valence-electron chi connectivity index (χ2n) is 6.25. The predicted molar refractivity (Wildman–Crippen MR) is 108 cm³/mol. The number of hydrogen-bond donors (Lipinski definition) is 0. The SMILES string of the molecule is c1ccc(COCc2c(-c3ccccc3)ncn2CCc2nccs2)cc1. The Hall–Kier alpha value is -2.76. The molecule has 2 heterocycles. The van der Waals surface area contributed by atoms with Gasteiger partial charge in [0.2, 0.25) is 0 Å². The number of aryl methyl sites for hydroxylation is 2. The summed E-state index contributed by atoms with van der Waals surface area (Å²) in [5.41, 5.74) is 4.38. The fourth-order valence-electron chi connectivity index (χ4n) is 3.02. The number of rotatable bonds is 8. The molecule has 0 bridgehead atoms. The molecular formula is C22H21N3OS. The Balaban J connectivity index is 1.52. The zero-order chi connectivity index (χ0) is 18.3. The van der Waals surface area contributed by atoms with Crippen LogP contribution in [0.15, 0.2) is 78.6 Å². The summed E-state index contributed by atoms with van der Waals surface area (Å²) in [5, 5.41) is 3.16. The molecule has 2 aromatic heterocycles. The average Bonchev–Trinajstić information content (AvgIpc) is 3.38. The second-order valence-corrected chi connectivity index (χ2v) is 7.23. The highest BCUT2D eigenvalue weighted by atomic mass is 32.1. The summed E-state index contributed by atoms with van der Waals surface area (Å²) < 4.78 is 8.22. The van der Waals surface area contributed by atoms with Crippen molar-refractivity contribution in [3.63, 3.8) is 0 Å². The lowest BCUT2D eigenvalue weighted by Crippen LogP contribution is -2.07. The van der Waals surface area contributed by atoms with Gasteiger partial charge in [-0.1, -0.05) is 60.7 Å². The molecule has 0 spiro atoms. The third-order valence-corrected chi connectivity index (χ3v) is 5.23. The van der Waals surface area contributed by atoms with Crippen LogP contribution in [0, 0.1) is 0 Å². The maximum Gasteiger partial charge on any atom is 0.0956 e. The molecule has 0 radical (unpaired) electrons. The molecule has 4 aromatic rings. The minimum atomic E-state index is 0.525. The van der Waals surface area contributed by atoms with Crippen molar-refractivity contribution >= 4 is 11.3 Å². The summed E-state index contributed by atoms with van der Waals surface area (Å²) in [5.74, 6) is 0. The Labute approximate surface area is 163 Å². The van der Waals surface area contributed by atoms with Gasteiger partial charge in [0.05, 0.1) is 35.9 Å². The van der Waals surface area contributed by atoms with Crippen molar-refractivity contribution in [3.8, 4) is 11.3 Å². The van der Waals surface area contributed by atoms with E-state index in [2.05, 4.69) is 38.8 Å². The fourth-order valence-corrected chi connectivity index (χ4v) is 3.63. The molecule has 0 fully saturated rings. The Morgan fingerprint density at radius 2 is 1.67 bits per heavy atom. The smallest absolute Gasteiger partial charge is 0.0956 e. The van der Waals surface area contributed by atoms with Crippen LogP contribution in [0.3, 0.4) is 0 Å². The molecule has 4 nitrogen and oxygen atoms in total. The van der Waals surface area contributed by atoms with E-state index < -0.39 is 0 Å². The largest absolute Gasteiger partial charge is 0.370 e. The number of hydrogen-bond acceptors (Lipinski definition) is 4. The minimum Gasteiger partial charge on any atom is -0.370 e. The lowest BCUT2D eigenvalue weighted by atomic mass is 10.1. The van der Waals surface area contributed by atoms with Crippen molar-refractivity contribution in [1.29, 1.82) is 0 Å². The Morgan fingerprint density at radius 3 is 2.41 bits per heavy atom. The molecule has 2 aromatic carbocycles. The van der Waals surface area contributed by atoms with Gasteiger partial charge in [0.15, 0.2) is 0 Å². The Bertz CT molecular complexity index is 950. The molecule has 136 valence electrons. The van der Waals surface area contributed by atoms with E-state index in [9.17, 15) is 0 Å². The first kappa shape index (κ1) is 17.6. The van der Waals surface area contributed by atoms with Crippen LogP contribution in [0.1, 0.15) is 16.3 Å². The van der Waals surface area contributed by atoms with Gasteiger partial charge in [-0.15, -0.1) is 11.3 Å². The molecule has 0 saturated carbocycles. The summed E-state index contributed by atoms with van der Waals surface area (Å²) >= 11 is 1.69. The minimum absolute atomic E-state index is 0.525. The summed E-state index contributed by atoms with van der Waals surface area (Å²) in [7, 11) is 0. The molecule has 0 aliphatic heterocycles. The Morgan fingerprint density at radius 1 is 0.889 bits per heavy atom. The fraction of sp³-hybridized carbons (Fsp3) is 0.182. The summed E-state index contributed by atoms with van der Waals surface area (Å²) in [4.78, 5) is 9.06. The van der Waals surface area contributed by atoms with E-state index in [0.29, 0.717) is 13.2 Å². The summed E-state index contributed by atoms with van der Waals surface area (Å²) in [6.45, 7) is 1.96. The van der Waals surface area contributed by atoms with Crippen molar-refractivity contribution in [3.05, 3.63) is 94.8 Å². The third kappa shape index (κ3) is 4.51. The normalized spacial score (nSPS) is 11.0. The second kappa shape index (κ2) is 8.75. The molecular weight excluding hydrogens is 354 g/mol. The van der Waals surface area contributed by atoms with Crippen molar-refractivity contribution in [2.45, 2.75) is 26.2 Å². The number of aromatic nitrogens is 3. The van der Waals surface area contributed by atoms with E-state index in [4.69, 9.17) is 4.74 Å². The van der Waals surface area contributed by atoms with E-state index in [0.717, 1.165) is 34.9 Å². The van der Waals surface area contributed by atoms with Crippen LogP contribution in [0.2, 0.25) is 0 Å². The number of imidazole rings is 1. The monoisotopic (exact) mass is 375 g/mol. The zero-order valence-electron chi connectivity index (χ0n) is 15.0. The van der Waals surface area contributed by atoms with Gasteiger partial charge < -0.3 is 9.30 Å². The highest BCUT2D eigenvalue weighted by molar-refractivity contribution is 7.09. The topological polar surface area (TPSA) is 39.9 Å². The third-order valence-electron chi connectivity index (χ3n) is 4.39. The summed E-state index contributed by atoms with van der Waals surface area (Å²) in [6, 6.07) is 20.5. The number of thiazole rings is 1. The van der Waals surface area contributed by atoms with E-state index in [1.165, 1.54) is 5.56 Å². The van der Waals surface area contributed by atoms with Crippen molar-refractivity contribution in [2.75, 3.05) is 0 Å². The van der Waals surface area contributed by atoms with Crippen LogP contribution < -0.4 is 0 Å². The first-order valence-electron chi connectivity index (χ1n) is 8.99. The van der Waals surface area contributed by atoms with Gasteiger partial charge in [0, 0.05) is 30.1 Å². The number of benzene rings is 2. The molecule has 0 N–H and O–H groups in total. The number of ether oxygens (including phenoxy) is 1. The first-order chi connectivity index (χ1) is 13.4. The molecule has 0 saturated heterocycles. The van der Waals surface area contributed by atoms with Crippen LogP contribution in [0.4, 0.5) is 0 Å². The highest BCUT2D eigenvalue weighted by Crippen LogP contribution is 2.23. The predicted octanol–water partition coefficient (Wildman–Crippen LogP) is 4.97. The van der Waals surface area contributed by atoms with Gasteiger partial charge in [0.25, 0.3) is 0 Å². The van der Waals surface area contributed by atoms with Gasteiger partial charge in [-0.3, -0.25) is 0 Å².